The van der Waals surface area contributed by atoms with Crippen molar-refractivity contribution in [3.63, 3.8) is 0 Å². The maximum atomic E-state index is 6.02. The first kappa shape index (κ1) is 41.2. The SMILES string of the molecule is CCOc1ccccc1C(=NN=C(NN=C(c1ccccc1OCC)N(CC)CC)NN=C(c1ccccc1OCC)N(CC)CC)N(CC)CC. The molecule has 0 saturated heterocycles. The highest BCUT2D eigenvalue weighted by atomic mass is 16.5. The van der Waals surface area contributed by atoms with Crippen molar-refractivity contribution in [2.45, 2.75) is 62.3 Å². The molecule has 0 aliphatic carbocycles. The summed E-state index contributed by atoms with van der Waals surface area (Å²) in [5, 5.41) is 19.5. The summed E-state index contributed by atoms with van der Waals surface area (Å²) in [6, 6.07) is 23.7. The van der Waals surface area contributed by atoms with Gasteiger partial charge in [0.1, 0.15) is 17.2 Å². The van der Waals surface area contributed by atoms with Crippen LogP contribution in [0.1, 0.15) is 79.0 Å². The van der Waals surface area contributed by atoms with Crippen molar-refractivity contribution in [3.05, 3.63) is 89.5 Å². The summed E-state index contributed by atoms with van der Waals surface area (Å²) < 4.78 is 18.1. The molecule has 3 aromatic carbocycles. The molecule has 282 valence electrons. The Bertz CT molecular complexity index is 1550. The zero-order valence-corrected chi connectivity index (χ0v) is 32.6. The predicted molar refractivity (Wildman–Crippen MR) is 215 cm³/mol. The van der Waals surface area contributed by atoms with E-state index in [0.717, 1.165) is 73.2 Å². The average molecular weight is 714 g/mol. The van der Waals surface area contributed by atoms with Crippen molar-refractivity contribution in [2.75, 3.05) is 59.1 Å². The highest BCUT2D eigenvalue weighted by Gasteiger charge is 2.20. The Morgan fingerprint density at radius 3 is 1.08 bits per heavy atom. The first-order valence-electron chi connectivity index (χ1n) is 18.7. The quantitative estimate of drug-likeness (QED) is 0.0839. The number of guanidine groups is 1. The molecule has 0 aliphatic rings. The first-order chi connectivity index (χ1) is 25.4. The molecule has 0 spiro atoms. The molecule has 0 saturated carbocycles. The van der Waals surface area contributed by atoms with Crippen LogP contribution in [0.3, 0.4) is 0 Å². The van der Waals surface area contributed by atoms with Gasteiger partial charge in [-0.25, -0.2) is 10.9 Å². The van der Waals surface area contributed by atoms with Gasteiger partial charge in [-0.05, 0) is 98.7 Å². The van der Waals surface area contributed by atoms with Crippen molar-refractivity contribution in [2.24, 2.45) is 20.4 Å². The second kappa shape index (κ2) is 22.5. The number of amidine groups is 3. The van der Waals surface area contributed by atoms with Gasteiger partial charge in [0.2, 0.25) is 0 Å². The van der Waals surface area contributed by atoms with Crippen molar-refractivity contribution in [1.82, 2.24) is 25.6 Å². The Hall–Kier alpha value is -5.26. The Morgan fingerprint density at radius 2 is 0.750 bits per heavy atom. The van der Waals surface area contributed by atoms with Crippen LogP contribution in [0.2, 0.25) is 0 Å². The van der Waals surface area contributed by atoms with E-state index in [1.165, 1.54) is 0 Å². The van der Waals surface area contributed by atoms with Crippen LogP contribution in [0.5, 0.6) is 17.2 Å². The summed E-state index contributed by atoms with van der Waals surface area (Å²) in [4.78, 5) is 6.47. The second-order valence-corrected chi connectivity index (χ2v) is 11.3. The van der Waals surface area contributed by atoms with E-state index in [1.54, 1.807) is 0 Å². The van der Waals surface area contributed by atoms with Gasteiger partial charge in [-0.2, -0.15) is 10.2 Å². The molecular formula is C40H59N9O3. The molecule has 12 heteroatoms. The summed E-state index contributed by atoms with van der Waals surface area (Å²) in [6.07, 6.45) is 0. The number of hydrogen-bond acceptors (Lipinski definition) is 7. The third-order valence-electron chi connectivity index (χ3n) is 8.25. The molecule has 0 fully saturated rings. The van der Waals surface area contributed by atoms with Gasteiger partial charge in [-0.15, -0.1) is 10.2 Å². The largest absolute Gasteiger partial charge is 0.493 e. The fraction of sp³-hybridized carbons (Fsp3) is 0.450. The van der Waals surface area contributed by atoms with Gasteiger partial charge in [0.15, 0.2) is 17.5 Å². The van der Waals surface area contributed by atoms with Crippen molar-refractivity contribution >= 4 is 23.5 Å². The average Bonchev–Trinajstić information content (AvgIpc) is 3.17. The predicted octanol–water partition coefficient (Wildman–Crippen LogP) is 6.83. The summed E-state index contributed by atoms with van der Waals surface area (Å²) in [5.74, 6) is 4.51. The molecule has 2 N–H and O–H groups in total. The second-order valence-electron chi connectivity index (χ2n) is 11.3. The highest BCUT2D eigenvalue weighted by Crippen LogP contribution is 2.23. The third-order valence-corrected chi connectivity index (χ3v) is 8.25. The molecule has 0 atom stereocenters. The van der Waals surface area contributed by atoms with E-state index in [-0.39, 0.29) is 5.96 Å². The van der Waals surface area contributed by atoms with Gasteiger partial charge in [-0.1, -0.05) is 36.4 Å². The number of hydrazone groups is 2. The maximum Gasteiger partial charge on any atom is 0.257 e. The summed E-state index contributed by atoms with van der Waals surface area (Å²) in [6.45, 7) is 24.5. The molecule has 0 unspecified atom stereocenters. The minimum absolute atomic E-state index is 0.218. The fourth-order valence-electron chi connectivity index (χ4n) is 5.64. The van der Waals surface area contributed by atoms with Gasteiger partial charge in [0.25, 0.3) is 5.96 Å². The van der Waals surface area contributed by atoms with Crippen molar-refractivity contribution in [1.29, 1.82) is 0 Å². The van der Waals surface area contributed by atoms with Gasteiger partial charge < -0.3 is 28.9 Å². The van der Waals surface area contributed by atoms with Crippen LogP contribution >= 0.6 is 0 Å². The van der Waals surface area contributed by atoms with Gasteiger partial charge in [0, 0.05) is 39.3 Å². The van der Waals surface area contributed by atoms with Crippen molar-refractivity contribution in [3.8, 4) is 17.2 Å². The monoisotopic (exact) mass is 713 g/mol. The maximum absolute atomic E-state index is 6.02. The van der Waals surface area contributed by atoms with Crippen LogP contribution in [0.4, 0.5) is 0 Å². The van der Waals surface area contributed by atoms with Crippen LogP contribution < -0.4 is 25.1 Å². The number of para-hydroxylation sites is 3. The zero-order chi connectivity index (χ0) is 37.7. The van der Waals surface area contributed by atoms with Crippen LogP contribution in [0.15, 0.2) is 93.2 Å². The number of ether oxygens (including phenoxy) is 3. The normalized spacial score (nSPS) is 11.8. The van der Waals surface area contributed by atoms with E-state index in [4.69, 9.17) is 34.6 Å². The Kier molecular flexibility index (Phi) is 17.8. The lowest BCUT2D eigenvalue weighted by molar-refractivity contribution is 0.338. The fourth-order valence-corrected chi connectivity index (χ4v) is 5.64. The molecular weight excluding hydrogens is 654 g/mol. The van der Waals surface area contributed by atoms with Crippen LogP contribution in [-0.4, -0.2) is 97.3 Å². The summed E-state index contributed by atoms with van der Waals surface area (Å²) >= 11 is 0. The number of nitrogens with one attached hydrogen (secondary N) is 2. The van der Waals surface area contributed by atoms with E-state index in [2.05, 4.69) is 67.1 Å². The van der Waals surface area contributed by atoms with Gasteiger partial charge >= 0.3 is 0 Å². The number of hydrogen-bond donors (Lipinski definition) is 2. The molecule has 52 heavy (non-hydrogen) atoms. The number of benzene rings is 3. The molecule has 0 radical (unpaired) electrons. The lowest BCUT2D eigenvalue weighted by Gasteiger charge is -2.25. The molecule has 0 heterocycles. The smallest absolute Gasteiger partial charge is 0.257 e. The van der Waals surface area contributed by atoms with Gasteiger partial charge in [0.05, 0.1) is 36.5 Å². The van der Waals surface area contributed by atoms with Crippen LogP contribution in [0.25, 0.3) is 0 Å². The minimum Gasteiger partial charge on any atom is -0.493 e. The Labute approximate surface area is 311 Å². The van der Waals surface area contributed by atoms with Crippen LogP contribution in [0, 0.1) is 0 Å². The molecule has 0 bridgehead atoms. The van der Waals surface area contributed by atoms with Crippen molar-refractivity contribution < 1.29 is 14.2 Å². The Balaban J connectivity index is 2.30. The number of rotatable bonds is 18. The van der Waals surface area contributed by atoms with E-state index in [9.17, 15) is 0 Å². The van der Waals surface area contributed by atoms with Gasteiger partial charge in [-0.3, -0.25) is 0 Å². The topological polar surface area (TPSA) is 111 Å². The molecule has 12 nitrogen and oxygen atoms in total. The van der Waals surface area contributed by atoms with E-state index in [1.807, 2.05) is 93.6 Å². The van der Waals surface area contributed by atoms with Crippen LogP contribution in [-0.2, 0) is 0 Å². The lowest BCUT2D eigenvalue weighted by Crippen LogP contribution is -2.39. The molecule has 0 aliphatic heterocycles. The van der Waals surface area contributed by atoms with E-state index in [0.29, 0.717) is 37.3 Å². The first-order valence-corrected chi connectivity index (χ1v) is 18.7. The Morgan fingerprint density at radius 1 is 0.442 bits per heavy atom. The number of nitrogens with zero attached hydrogens (tertiary/aromatic N) is 7. The molecule has 0 amide bonds. The molecule has 0 aromatic heterocycles. The summed E-state index contributed by atoms with van der Waals surface area (Å²) in [5.41, 5.74) is 8.95. The molecule has 3 aromatic rings. The van der Waals surface area contributed by atoms with E-state index >= 15 is 0 Å². The van der Waals surface area contributed by atoms with E-state index < -0.39 is 0 Å². The highest BCUT2D eigenvalue weighted by molar-refractivity contribution is 6.04. The third kappa shape index (κ3) is 11.1. The lowest BCUT2D eigenvalue weighted by atomic mass is 10.1. The summed E-state index contributed by atoms with van der Waals surface area (Å²) in [7, 11) is 0. The standard InChI is InChI=1S/C40H59N9O3/c1-10-47(11-2)37(31-25-19-22-28-34(31)50-16-7)41-44-40(45-42-38(48(12-3)13-4)32-26-20-23-29-35(32)51-17-8)46-43-39(49(14-5)15-6)33-27-21-24-30-36(33)52-18-9/h19-30H,10-18H2,1-9H3,(H2,44,45,46). The molecule has 3 rings (SSSR count). The zero-order valence-electron chi connectivity index (χ0n) is 32.6. The minimum atomic E-state index is 0.218.